The summed E-state index contributed by atoms with van der Waals surface area (Å²) < 4.78 is 28.4. The molecule has 9 heteroatoms. The zero-order chi connectivity index (χ0) is 22.9. The van der Waals surface area contributed by atoms with E-state index < -0.39 is 34.4 Å². The van der Waals surface area contributed by atoms with Gasteiger partial charge >= 0.3 is 5.97 Å². The maximum Gasteiger partial charge on any atom is 0.339 e. The number of hydrogen-bond donors (Lipinski definition) is 1. The zero-order valence-corrected chi connectivity index (χ0v) is 18.9. The second kappa shape index (κ2) is 8.88. The van der Waals surface area contributed by atoms with Crippen LogP contribution in [-0.2, 0) is 19.4 Å². The molecule has 4 rings (SSSR count). The van der Waals surface area contributed by atoms with Gasteiger partial charge in [0.15, 0.2) is 16.4 Å². The van der Waals surface area contributed by atoms with Crippen molar-refractivity contribution < 1.29 is 22.7 Å². The number of nitrogens with zero attached hydrogens (tertiary/aromatic N) is 1. The van der Waals surface area contributed by atoms with Gasteiger partial charge in [0, 0.05) is 22.0 Å². The van der Waals surface area contributed by atoms with Crippen molar-refractivity contribution >= 4 is 44.2 Å². The molecule has 1 saturated heterocycles. The molecule has 2 aromatic carbocycles. The second-order valence-electron chi connectivity index (χ2n) is 7.73. The van der Waals surface area contributed by atoms with Gasteiger partial charge in [-0.25, -0.2) is 18.2 Å². The van der Waals surface area contributed by atoms with Crippen molar-refractivity contribution in [3.63, 3.8) is 0 Å². The Hall–Kier alpha value is -2.97. The number of amides is 1. The van der Waals surface area contributed by atoms with Crippen LogP contribution in [0.15, 0.2) is 48.5 Å². The molecular formula is C23H21ClN2O5S. The molecule has 1 N–H and O–H groups in total. The van der Waals surface area contributed by atoms with E-state index in [1.54, 1.807) is 43.3 Å². The van der Waals surface area contributed by atoms with E-state index in [1.807, 2.05) is 12.1 Å². The first-order chi connectivity index (χ1) is 15.2. The summed E-state index contributed by atoms with van der Waals surface area (Å²) in [6, 6.07) is 13.9. The fourth-order valence-electron chi connectivity index (χ4n) is 3.87. The molecule has 0 radical (unpaired) electrons. The molecule has 0 aliphatic carbocycles. The Morgan fingerprint density at radius 2 is 1.97 bits per heavy atom. The molecule has 32 heavy (non-hydrogen) atoms. The Morgan fingerprint density at radius 3 is 2.69 bits per heavy atom. The normalized spacial score (nSPS) is 17.2. The number of fused-ring (bicyclic) bond motifs is 1. The fourth-order valence-corrected chi connectivity index (χ4v) is 5.73. The summed E-state index contributed by atoms with van der Waals surface area (Å²) >= 11 is 6.14. The van der Waals surface area contributed by atoms with Crippen molar-refractivity contribution in [2.45, 2.75) is 19.4 Å². The van der Waals surface area contributed by atoms with Crippen molar-refractivity contribution in [1.82, 2.24) is 10.3 Å². The first-order valence-corrected chi connectivity index (χ1v) is 12.3. The summed E-state index contributed by atoms with van der Waals surface area (Å²) in [5, 5.41) is 3.78. The van der Waals surface area contributed by atoms with Gasteiger partial charge in [-0.1, -0.05) is 41.9 Å². The van der Waals surface area contributed by atoms with Crippen LogP contribution in [0.5, 0.6) is 0 Å². The highest BCUT2D eigenvalue weighted by molar-refractivity contribution is 7.91. The van der Waals surface area contributed by atoms with E-state index in [2.05, 4.69) is 5.32 Å². The van der Waals surface area contributed by atoms with Gasteiger partial charge in [0.05, 0.1) is 28.3 Å². The van der Waals surface area contributed by atoms with Gasteiger partial charge in [0.1, 0.15) is 0 Å². The average Bonchev–Trinajstić information content (AvgIpc) is 3.09. The van der Waals surface area contributed by atoms with Crippen molar-refractivity contribution in [2.24, 2.45) is 0 Å². The number of carbonyl (C=O) groups is 2. The average molecular weight is 473 g/mol. The molecule has 3 aromatic rings. The minimum Gasteiger partial charge on any atom is -0.452 e. The summed E-state index contributed by atoms with van der Waals surface area (Å²) in [4.78, 5) is 29.9. The van der Waals surface area contributed by atoms with Crippen molar-refractivity contribution in [2.75, 3.05) is 18.1 Å². The first-order valence-electron chi connectivity index (χ1n) is 10.1. The molecule has 7 nitrogen and oxygen atoms in total. The summed E-state index contributed by atoms with van der Waals surface area (Å²) in [5.74, 6) is -1.24. The summed E-state index contributed by atoms with van der Waals surface area (Å²) in [6.45, 7) is 1.27. The molecule has 1 amide bonds. The van der Waals surface area contributed by atoms with Crippen LogP contribution < -0.4 is 5.32 Å². The predicted molar refractivity (Wildman–Crippen MR) is 122 cm³/mol. The third-order valence-electron chi connectivity index (χ3n) is 5.37. The largest absolute Gasteiger partial charge is 0.452 e. The number of hydrogen-bond acceptors (Lipinski definition) is 6. The van der Waals surface area contributed by atoms with E-state index >= 15 is 0 Å². The lowest BCUT2D eigenvalue weighted by molar-refractivity contribution is -0.124. The number of para-hydroxylation sites is 1. The summed E-state index contributed by atoms with van der Waals surface area (Å²) in [6.07, 6.45) is 0.360. The summed E-state index contributed by atoms with van der Waals surface area (Å²) in [7, 11) is -3.12. The molecule has 1 aliphatic rings. The zero-order valence-electron chi connectivity index (χ0n) is 17.3. The fraction of sp³-hybridized carbons (Fsp3) is 0.261. The van der Waals surface area contributed by atoms with E-state index in [-0.39, 0.29) is 11.5 Å². The van der Waals surface area contributed by atoms with Gasteiger partial charge in [0.25, 0.3) is 5.91 Å². The topological polar surface area (TPSA) is 102 Å². The van der Waals surface area contributed by atoms with Crippen molar-refractivity contribution in [3.05, 3.63) is 64.7 Å². The van der Waals surface area contributed by atoms with Gasteiger partial charge < -0.3 is 10.1 Å². The lowest BCUT2D eigenvalue weighted by Gasteiger charge is -2.15. The van der Waals surface area contributed by atoms with Crippen molar-refractivity contribution in [1.29, 1.82) is 0 Å². The van der Waals surface area contributed by atoms with Crippen LogP contribution in [0.1, 0.15) is 22.3 Å². The van der Waals surface area contributed by atoms with E-state index in [4.69, 9.17) is 21.3 Å². The maximum absolute atomic E-state index is 13.0. The van der Waals surface area contributed by atoms with Crippen LogP contribution in [0.2, 0.25) is 5.02 Å². The Bertz CT molecular complexity index is 1320. The van der Waals surface area contributed by atoms with Gasteiger partial charge in [-0.3, -0.25) is 4.79 Å². The molecule has 1 aliphatic heterocycles. The molecule has 0 unspecified atom stereocenters. The highest BCUT2D eigenvalue weighted by atomic mass is 35.5. The Labute approximate surface area is 190 Å². The van der Waals surface area contributed by atoms with Crippen LogP contribution in [-0.4, -0.2) is 49.4 Å². The van der Waals surface area contributed by atoms with Crippen LogP contribution >= 0.6 is 11.6 Å². The van der Waals surface area contributed by atoms with Crippen LogP contribution in [0, 0.1) is 6.92 Å². The maximum atomic E-state index is 13.0. The molecule has 0 saturated carbocycles. The second-order valence-corrected chi connectivity index (χ2v) is 10.4. The number of halogens is 1. The molecule has 1 fully saturated rings. The third kappa shape index (κ3) is 4.76. The minimum absolute atomic E-state index is 0.0478. The van der Waals surface area contributed by atoms with Gasteiger partial charge in [-0.05, 0) is 37.1 Å². The van der Waals surface area contributed by atoms with E-state index in [0.29, 0.717) is 39.2 Å². The number of nitrogens with one attached hydrogen (secondary N) is 1. The molecule has 0 spiro atoms. The van der Waals surface area contributed by atoms with Gasteiger partial charge in [-0.15, -0.1) is 0 Å². The Morgan fingerprint density at radius 1 is 1.19 bits per heavy atom. The van der Waals surface area contributed by atoms with Crippen molar-refractivity contribution in [3.8, 4) is 11.3 Å². The lowest BCUT2D eigenvalue weighted by atomic mass is 9.98. The number of ether oxygens (including phenoxy) is 1. The van der Waals surface area contributed by atoms with E-state index in [1.165, 1.54) is 0 Å². The quantitative estimate of drug-likeness (QED) is 0.571. The minimum atomic E-state index is -3.12. The molecule has 166 valence electrons. The lowest BCUT2D eigenvalue weighted by Crippen LogP contribution is -2.38. The number of benzene rings is 2. The Balaban J connectivity index is 1.59. The smallest absolute Gasteiger partial charge is 0.339 e. The van der Waals surface area contributed by atoms with E-state index in [0.717, 1.165) is 5.56 Å². The molecular weight excluding hydrogens is 452 g/mol. The van der Waals surface area contributed by atoms with Crippen LogP contribution in [0.4, 0.5) is 0 Å². The number of carbonyl (C=O) groups excluding carboxylic acids is 2. The van der Waals surface area contributed by atoms with Crippen LogP contribution in [0.3, 0.4) is 0 Å². The number of rotatable bonds is 5. The highest BCUT2D eigenvalue weighted by Gasteiger charge is 2.29. The van der Waals surface area contributed by atoms with E-state index in [9.17, 15) is 18.0 Å². The highest BCUT2D eigenvalue weighted by Crippen LogP contribution is 2.31. The third-order valence-corrected chi connectivity index (χ3v) is 7.37. The predicted octanol–water partition coefficient (Wildman–Crippen LogP) is 3.32. The number of esters is 1. The number of sulfone groups is 1. The molecule has 1 atom stereocenters. The number of pyridine rings is 1. The monoisotopic (exact) mass is 472 g/mol. The van der Waals surface area contributed by atoms with Gasteiger partial charge in [-0.2, -0.15) is 0 Å². The summed E-state index contributed by atoms with van der Waals surface area (Å²) in [5.41, 5.74) is 2.90. The number of aromatic nitrogens is 1. The molecule has 0 bridgehead atoms. The molecule has 1 aromatic heterocycles. The molecule has 2 heterocycles. The van der Waals surface area contributed by atoms with Crippen LogP contribution in [0.25, 0.3) is 22.2 Å². The SMILES string of the molecule is Cc1c(-c2cccc(Cl)c2)nc2ccccc2c1C(=O)OCC(=O)N[C@H]1CCS(=O)(=O)C1. The first kappa shape index (κ1) is 22.2. The Kier molecular flexibility index (Phi) is 6.17. The standard InChI is InChI=1S/C23H21ClN2O5S/c1-14-21(23(28)31-12-20(27)25-17-9-10-32(29,30)13-17)18-7-2-3-8-19(18)26-22(14)15-5-4-6-16(24)11-15/h2-8,11,17H,9-10,12-13H2,1H3,(H,25,27)/t17-/m0/s1. The van der Waals surface area contributed by atoms with Gasteiger partial charge in [0.2, 0.25) is 0 Å².